The van der Waals surface area contributed by atoms with Gasteiger partial charge < -0.3 is 19.5 Å². The van der Waals surface area contributed by atoms with Crippen molar-refractivity contribution in [2.45, 2.75) is 54.8 Å². The first-order valence-corrected chi connectivity index (χ1v) is 14.5. The fraction of sp³-hybridized carbons (Fsp3) is 0.429. The van der Waals surface area contributed by atoms with Gasteiger partial charge in [0.15, 0.2) is 17.3 Å². The normalized spacial score (nSPS) is 19.0. The van der Waals surface area contributed by atoms with Gasteiger partial charge in [-0.15, -0.1) is 22.0 Å². The Balaban J connectivity index is 1.64. The third-order valence-corrected chi connectivity index (χ3v) is 9.10. The lowest BCUT2D eigenvalue weighted by Crippen LogP contribution is -2.59. The minimum absolute atomic E-state index is 0.0609. The molecule has 0 bridgehead atoms. The van der Waals surface area contributed by atoms with Crippen LogP contribution in [0.15, 0.2) is 36.4 Å². The molecule has 0 unspecified atom stereocenters. The Bertz CT molecular complexity index is 1510. The van der Waals surface area contributed by atoms with Gasteiger partial charge in [0.1, 0.15) is 5.54 Å². The topological polar surface area (TPSA) is 105 Å². The van der Waals surface area contributed by atoms with E-state index in [1.54, 1.807) is 31.2 Å². The predicted molar refractivity (Wildman–Crippen MR) is 149 cm³/mol. The number of carbonyl (C=O) groups is 2. The van der Waals surface area contributed by atoms with E-state index in [4.69, 9.17) is 25.8 Å². The molecule has 1 aromatic heterocycles. The molecule has 2 aliphatic rings. The summed E-state index contributed by atoms with van der Waals surface area (Å²) < 4.78 is 60.1. The van der Waals surface area contributed by atoms with Crippen LogP contribution in [0.4, 0.5) is 13.2 Å². The highest BCUT2D eigenvalue weighted by molar-refractivity contribution is 8.00. The van der Waals surface area contributed by atoms with Crippen molar-refractivity contribution >= 4 is 35.2 Å². The molecule has 1 N–H and O–H groups in total. The summed E-state index contributed by atoms with van der Waals surface area (Å²) >= 11 is 7.59. The van der Waals surface area contributed by atoms with Crippen molar-refractivity contribution in [3.05, 3.63) is 64.2 Å². The van der Waals surface area contributed by atoms with Crippen molar-refractivity contribution in [3.8, 4) is 17.2 Å². The number of para-hydroxylation sites is 1. The zero-order chi connectivity index (χ0) is 30.2. The Hall–Kier alpha value is -3.45. The Morgan fingerprint density at radius 1 is 1.14 bits per heavy atom. The van der Waals surface area contributed by atoms with Crippen LogP contribution in [-0.2, 0) is 20.5 Å². The number of fused-ring (bicyclic) bond motifs is 3. The SMILES string of the molecule is CCOC(=O)C1(NC(=O)C[C@H]2S[C@H](c3cccc(OC)c3OC)c3cc(Cl)ccc3-n3c2nnc3C(F)(F)F)CCC1. The molecular weight excluding hydrogens is 597 g/mol. The summed E-state index contributed by atoms with van der Waals surface area (Å²) in [6.45, 7) is 1.83. The summed E-state index contributed by atoms with van der Waals surface area (Å²) in [5.74, 6) is -1.53. The largest absolute Gasteiger partial charge is 0.493 e. The second kappa shape index (κ2) is 11.7. The number of ether oxygens (including phenoxy) is 3. The monoisotopic (exact) mass is 624 g/mol. The number of benzene rings is 2. The fourth-order valence-electron chi connectivity index (χ4n) is 5.33. The van der Waals surface area contributed by atoms with E-state index in [1.807, 2.05) is 0 Å². The summed E-state index contributed by atoms with van der Waals surface area (Å²) in [5, 5.41) is 8.98. The standard InChI is InChI=1S/C28H28ClF3N4O5S/c1-4-41-26(38)27(11-6-12-27)33-21(37)14-20-24-34-35-25(28(30,31)32)36(24)18-10-9-15(29)13-17(18)23(42-20)16-7-5-8-19(39-2)22(16)40-3/h5,7-10,13,20,23H,4,6,11-12,14H2,1-3H3,(H,33,37)/t20-,23-/m1/s1. The summed E-state index contributed by atoms with van der Waals surface area (Å²) in [6.07, 6.45) is -3.57. The second-order valence-electron chi connectivity index (χ2n) is 9.91. The molecule has 1 fully saturated rings. The molecule has 9 nitrogen and oxygen atoms in total. The first kappa shape index (κ1) is 30.0. The Labute approximate surface area is 249 Å². The molecular formula is C28H28ClF3N4O5S. The van der Waals surface area contributed by atoms with Crippen LogP contribution in [0.5, 0.6) is 11.5 Å². The van der Waals surface area contributed by atoms with E-state index in [1.165, 1.54) is 38.1 Å². The minimum Gasteiger partial charge on any atom is -0.493 e. The van der Waals surface area contributed by atoms with Gasteiger partial charge in [0, 0.05) is 17.0 Å². The number of alkyl halides is 3. The summed E-state index contributed by atoms with van der Waals surface area (Å²) in [6, 6.07) is 9.78. The first-order chi connectivity index (χ1) is 20.0. The Morgan fingerprint density at radius 2 is 1.90 bits per heavy atom. The molecule has 2 aromatic carbocycles. The van der Waals surface area contributed by atoms with Gasteiger partial charge in [0.2, 0.25) is 11.7 Å². The molecule has 1 aliphatic heterocycles. The fourth-order valence-corrected chi connectivity index (χ4v) is 7.03. The average Bonchev–Trinajstić information content (AvgIpc) is 3.33. The van der Waals surface area contributed by atoms with Gasteiger partial charge in [0.25, 0.3) is 0 Å². The lowest BCUT2D eigenvalue weighted by atomic mass is 9.76. The highest BCUT2D eigenvalue weighted by Crippen LogP contribution is 2.54. The predicted octanol–water partition coefficient (Wildman–Crippen LogP) is 5.83. The molecule has 14 heteroatoms. The number of halogens is 4. The molecule has 0 spiro atoms. The zero-order valence-corrected chi connectivity index (χ0v) is 24.5. The third kappa shape index (κ3) is 5.39. The van der Waals surface area contributed by atoms with Crippen LogP contribution < -0.4 is 14.8 Å². The number of methoxy groups -OCH3 is 2. The van der Waals surface area contributed by atoms with Crippen molar-refractivity contribution in [1.29, 1.82) is 0 Å². The van der Waals surface area contributed by atoms with E-state index in [2.05, 4.69) is 15.5 Å². The van der Waals surface area contributed by atoms with Crippen molar-refractivity contribution in [3.63, 3.8) is 0 Å². The number of nitrogens with zero attached hydrogens (tertiary/aromatic N) is 3. The number of amides is 1. The van der Waals surface area contributed by atoms with Crippen LogP contribution in [0.25, 0.3) is 5.69 Å². The maximum absolute atomic E-state index is 14.3. The number of nitrogens with one attached hydrogen (secondary N) is 1. The maximum Gasteiger partial charge on any atom is 0.452 e. The van der Waals surface area contributed by atoms with E-state index < -0.39 is 39.9 Å². The third-order valence-electron chi connectivity index (χ3n) is 7.38. The lowest BCUT2D eigenvalue weighted by Gasteiger charge is -2.39. The summed E-state index contributed by atoms with van der Waals surface area (Å²) in [5.41, 5.74) is 0.0543. The summed E-state index contributed by atoms with van der Waals surface area (Å²) in [7, 11) is 2.95. The van der Waals surface area contributed by atoms with Crippen molar-refractivity contribution in [2.24, 2.45) is 0 Å². The molecule has 3 aromatic rings. The molecule has 42 heavy (non-hydrogen) atoms. The number of rotatable bonds is 8. The number of hydrogen-bond donors (Lipinski definition) is 1. The highest BCUT2D eigenvalue weighted by Gasteiger charge is 2.48. The van der Waals surface area contributed by atoms with E-state index in [9.17, 15) is 22.8 Å². The second-order valence-corrected chi connectivity index (χ2v) is 11.7. The van der Waals surface area contributed by atoms with Crippen LogP contribution in [0, 0.1) is 0 Å². The molecule has 0 radical (unpaired) electrons. The smallest absolute Gasteiger partial charge is 0.452 e. The number of thioether (sulfide) groups is 1. The van der Waals surface area contributed by atoms with Crippen LogP contribution in [0.1, 0.15) is 65.9 Å². The average molecular weight is 625 g/mol. The molecule has 5 rings (SSSR count). The van der Waals surface area contributed by atoms with Crippen molar-refractivity contribution < 1.29 is 37.0 Å². The molecule has 2 heterocycles. The zero-order valence-electron chi connectivity index (χ0n) is 23.0. The number of esters is 1. The van der Waals surface area contributed by atoms with Crippen LogP contribution in [-0.4, -0.2) is 53.0 Å². The molecule has 0 saturated heterocycles. The van der Waals surface area contributed by atoms with Gasteiger partial charge in [-0.25, -0.2) is 4.79 Å². The van der Waals surface area contributed by atoms with E-state index >= 15 is 0 Å². The quantitative estimate of drug-likeness (QED) is 0.313. The lowest BCUT2D eigenvalue weighted by molar-refractivity contribution is -0.157. The Kier molecular flexibility index (Phi) is 8.35. The molecule has 224 valence electrons. The molecule has 1 saturated carbocycles. The minimum atomic E-state index is -4.84. The summed E-state index contributed by atoms with van der Waals surface area (Å²) in [4.78, 5) is 26.1. The van der Waals surface area contributed by atoms with Crippen LogP contribution >= 0.6 is 23.4 Å². The maximum atomic E-state index is 14.3. The van der Waals surface area contributed by atoms with Gasteiger partial charge in [0.05, 0.1) is 37.0 Å². The van der Waals surface area contributed by atoms with E-state index in [-0.39, 0.29) is 24.5 Å². The van der Waals surface area contributed by atoms with Crippen molar-refractivity contribution in [2.75, 3.05) is 20.8 Å². The van der Waals surface area contributed by atoms with Gasteiger partial charge in [-0.2, -0.15) is 13.2 Å². The van der Waals surface area contributed by atoms with E-state index in [0.29, 0.717) is 40.5 Å². The molecule has 1 amide bonds. The van der Waals surface area contributed by atoms with Gasteiger partial charge in [-0.1, -0.05) is 23.7 Å². The van der Waals surface area contributed by atoms with Crippen LogP contribution in [0.2, 0.25) is 5.02 Å². The molecule has 2 atom stereocenters. The highest BCUT2D eigenvalue weighted by atomic mass is 35.5. The van der Waals surface area contributed by atoms with Crippen LogP contribution in [0.3, 0.4) is 0 Å². The molecule has 1 aliphatic carbocycles. The van der Waals surface area contributed by atoms with Gasteiger partial charge in [-0.3, -0.25) is 9.36 Å². The van der Waals surface area contributed by atoms with Gasteiger partial charge >= 0.3 is 12.1 Å². The van der Waals surface area contributed by atoms with Crippen molar-refractivity contribution in [1.82, 2.24) is 20.1 Å². The number of aromatic nitrogens is 3. The first-order valence-electron chi connectivity index (χ1n) is 13.2. The Morgan fingerprint density at radius 3 is 2.52 bits per heavy atom. The van der Waals surface area contributed by atoms with E-state index in [0.717, 1.165) is 11.0 Å². The number of carbonyl (C=O) groups excluding carboxylic acids is 2. The van der Waals surface area contributed by atoms with Gasteiger partial charge in [-0.05, 0) is 56.0 Å². The number of hydrogen-bond acceptors (Lipinski definition) is 8.